The maximum atomic E-state index is 11.9. The maximum absolute atomic E-state index is 11.9. The molecule has 0 heterocycles. The Bertz CT molecular complexity index is 437. The first-order valence-electron chi connectivity index (χ1n) is 4.83. The van der Waals surface area contributed by atoms with Crippen molar-refractivity contribution in [2.75, 3.05) is 0 Å². The van der Waals surface area contributed by atoms with Gasteiger partial charge in [0.1, 0.15) is 0 Å². The summed E-state index contributed by atoms with van der Waals surface area (Å²) in [5.41, 5.74) is 1.11. The van der Waals surface area contributed by atoms with Crippen molar-refractivity contribution in [3.05, 3.63) is 66.2 Å². The molecule has 0 saturated carbocycles. The summed E-state index contributed by atoms with van der Waals surface area (Å²) in [5, 5.41) is 0. The van der Waals surface area contributed by atoms with Gasteiger partial charge >= 0.3 is 0 Å². The van der Waals surface area contributed by atoms with Gasteiger partial charge in [0.05, 0.1) is 16.6 Å². The van der Waals surface area contributed by atoms with Gasteiger partial charge in [-0.1, -0.05) is 48.5 Å². The van der Waals surface area contributed by atoms with Crippen molar-refractivity contribution in [1.29, 1.82) is 0 Å². The fraction of sp³-hybridized carbons (Fsp3) is 0.0769. The molecule has 2 rings (SSSR count). The van der Waals surface area contributed by atoms with Gasteiger partial charge in [0.15, 0.2) is 0 Å². The van der Waals surface area contributed by atoms with Gasteiger partial charge in [0, 0.05) is 4.90 Å². The highest BCUT2D eigenvalue weighted by molar-refractivity contribution is 7.84. The van der Waals surface area contributed by atoms with Crippen LogP contribution < -0.4 is 0 Å². The summed E-state index contributed by atoms with van der Waals surface area (Å²) >= 11 is 0. The molecule has 0 fully saturated rings. The average molecular weight is 216 g/mol. The summed E-state index contributed by atoms with van der Waals surface area (Å²) in [6, 6.07) is 19.5. The number of hydrogen-bond acceptors (Lipinski definition) is 1. The van der Waals surface area contributed by atoms with E-state index in [1.54, 1.807) is 0 Å². The van der Waals surface area contributed by atoms with Gasteiger partial charge in [-0.05, 0) is 17.7 Å². The van der Waals surface area contributed by atoms with Gasteiger partial charge in [-0.25, -0.2) is 0 Å². The molecule has 2 aromatic rings. The zero-order valence-corrected chi connectivity index (χ0v) is 9.11. The minimum atomic E-state index is -0.934. The van der Waals surface area contributed by atoms with Crippen molar-refractivity contribution in [3.8, 4) is 0 Å². The maximum Gasteiger partial charge on any atom is 0.0574 e. The monoisotopic (exact) mass is 216 g/mol. The van der Waals surface area contributed by atoms with Crippen LogP contribution in [0.3, 0.4) is 0 Å². The summed E-state index contributed by atoms with van der Waals surface area (Å²) in [5.74, 6) is 0.588. The molecule has 0 radical (unpaired) electrons. The van der Waals surface area contributed by atoms with Gasteiger partial charge in [-0.2, -0.15) is 0 Å². The highest BCUT2D eigenvalue weighted by Crippen LogP contribution is 2.11. The third kappa shape index (κ3) is 2.77. The van der Waals surface area contributed by atoms with Gasteiger partial charge in [-0.3, -0.25) is 4.21 Å². The number of hydrogen-bond donors (Lipinski definition) is 0. The second kappa shape index (κ2) is 4.89. The van der Waals surface area contributed by atoms with E-state index in [2.05, 4.69) is 0 Å². The molecule has 76 valence electrons. The summed E-state index contributed by atoms with van der Waals surface area (Å²) < 4.78 is 11.9. The van der Waals surface area contributed by atoms with E-state index in [0.717, 1.165) is 10.5 Å². The Balaban J connectivity index is 2.12. The Hall–Kier alpha value is -1.41. The minimum absolute atomic E-state index is 0.588. The molecule has 0 N–H and O–H groups in total. The van der Waals surface area contributed by atoms with Crippen LogP contribution in [-0.4, -0.2) is 4.21 Å². The van der Waals surface area contributed by atoms with Crippen molar-refractivity contribution in [2.45, 2.75) is 10.6 Å². The van der Waals surface area contributed by atoms with E-state index in [-0.39, 0.29) is 0 Å². The van der Waals surface area contributed by atoms with Crippen LogP contribution in [0.1, 0.15) is 5.56 Å². The quantitative estimate of drug-likeness (QED) is 0.771. The molecular formula is C13H12OS. The normalized spacial score (nSPS) is 12.3. The average Bonchev–Trinajstić information content (AvgIpc) is 2.31. The SMILES string of the molecule is O=[S@](Cc1ccccc1)c1ccccc1. The van der Waals surface area contributed by atoms with Crippen molar-refractivity contribution in [3.63, 3.8) is 0 Å². The molecule has 0 unspecified atom stereocenters. The van der Waals surface area contributed by atoms with Gasteiger partial charge < -0.3 is 0 Å². The van der Waals surface area contributed by atoms with Gasteiger partial charge in [0.25, 0.3) is 0 Å². The molecule has 0 spiro atoms. The molecule has 0 saturated heterocycles. The summed E-state index contributed by atoms with van der Waals surface area (Å²) in [4.78, 5) is 0.890. The molecule has 1 atom stereocenters. The standard InChI is InChI=1S/C13H12OS/c14-15(13-9-5-2-6-10-13)11-12-7-3-1-4-8-12/h1-10H,11H2/t15-/m1/s1. The van der Waals surface area contributed by atoms with E-state index in [1.807, 2.05) is 60.7 Å². The Kier molecular flexibility index (Phi) is 3.30. The van der Waals surface area contributed by atoms with Gasteiger partial charge in [0.2, 0.25) is 0 Å². The van der Waals surface area contributed by atoms with Crippen LogP contribution in [0.15, 0.2) is 65.6 Å². The molecule has 0 aliphatic carbocycles. The van der Waals surface area contributed by atoms with E-state index in [0.29, 0.717) is 5.75 Å². The molecule has 2 heteroatoms. The van der Waals surface area contributed by atoms with Crippen molar-refractivity contribution in [2.24, 2.45) is 0 Å². The summed E-state index contributed by atoms with van der Waals surface area (Å²) in [6.45, 7) is 0. The van der Waals surface area contributed by atoms with Crippen molar-refractivity contribution in [1.82, 2.24) is 0 Å². The minimum Gasteiger partial charge on any atom is -0.254 e. The second-order valence-corrected chi connectivity index (χ2v) is 4.74. The van der Waals surface area contributed by atoms with E-state index >= 15 is 0 Å². The lowest BCUT2D eigenvalue weighted by molar-refractivity contribution is 0.682. The molecule has 0 aliphatic rings. The first-order chi connectivity index (χ1) is 7.36. The molecule has 0 aromatic heterocycles. The van der Waals surface area contributed by atoms with Crippen LogP contribution in [0, 0.1) is 0 Å². The Labute approximate surface area is 92.2 Å². The molecule has 2 aromatic carbocycles. The largest absolute Gasteiger partial charge is 0.254 e. The summed E-state index contributed by atoms with van der Waals surface area (Å²) in [7, 11) is -0.934. The summed E-state index contributed by atoms with van der Waals surface area (Å²) in [6.07, 6.45) is 0. The van der Waals surface area contributed by atoms with E-state index < -0.39 is 10.8 Å². The molecule has 1 nitrogen and oxygen atoms in total. The zero-order chi connectivity index (χ0) is 10.5. The topological polar surface area (TPSA) is 17.1 Å². The van der Waals surface area contributed by atoms with Crippen LogP contribution in [0.2, 0.25) is 0 Å². The third-order valence-electron chi connectivity index (χ3n) is 2.15. The smallest absolute Gasteiger partial charge is 0.0574 e. The van der Waals surface area contributed by atoms with Crippen LogP contribution in [0.5, 0.6) is 0 Å². The Morgan fingerprint density at radius 1 is 0.800 bits per heavy atom. The Morgan fingerprint density at radius 2 is 1.33 bits per heavy atom. The molecule has 0 bridgehead atoms. The molecule has 15 heavy (non-hydrogen) atoms. The van der Waals surface area contributed by atoms with Crippen LogP contribution in [0.4, 0.5) is 0 Å². The predicted octanol–water partition coefficient (Wildman–Crippen LogP) is 2.99. The fourth-order valence-corrected chi connectivity index (χ4v) is 2.50. The van der Waals surface area contributed by atoms with Crippen molar-refractivity contribution >= 4 is 10.8 Å². The molecular weight excluding hydrogens is 204 g/mol. The van der Waals surface area contributed by atoms with E-state index in [9.17, 15) is 4.21 Å². The first kappa shape index (κ1) is 10.1. The zero-order valence-electron chi connectivity index (χ0n) is 8.30. The highest BCUT2D eigenvalue weighted by Gasteiger charge is 2.03. The lowest BCUT2D eigenvalue weighted by Crippen LogP contribution is -1.95. The lowest BCUT2D eigenvalue weighted by Gasteiger charge is -2.01. The molecule has 0 aliphatic heterocycles. The number of rotatable bonds is 3. The first-order valence-corrected chi connectivity index (χ1v) is 6.15. The van der Waals surface area contributed by atoms with E-state index in [1.165, 1.54) is 0 Å². The van der Waals surface area contributed by atoms with Gasteiger partial charge in [-0.15, -0.1) is 0 Å². The predicted molar refractivity (Wildman–Crippen MR) is 63.0 cm³/mol. The third-order valence-corrected chi connectivity index (χ3v) is 3.54. The molecule has 0 amide bonds. The van der Waals surface area contributed by atoms with Crippen LogP contribution >= 0.6 is 0 Å². The second-order valence-electron chi connectivity index (χ2n) is 3.29. The number of benzene rings is 2. The van der Waals surface area contributed by atoms with Crippen molar-refractivity contribution < 1.29 is 4.21 Å². The Morgan fingerprint density at radius 3 is 1.93 bits per heavy atom. The highest BCUT2D eigenvalue weighted by atomic mass is 32.2. The fourth-order valence-electron chi connectivity index (χ4n) is 1.38. The van der Waals surface area contributed by atoms with Crippen LogP contribution in [0.25, 0.3) is 0 Å². The lowest BCUT2D eigenvalue weighted by atomic mass is 10.2. The van der Waals surface area contributed by atoms with E-state index in [4.69, 9.17) is 0 Å². The van der Waals surface area contributed by atoms with Crippen LogP contribution in [-0.2, 0) is 16.6 Å².